The average Bonchev–Trinajstić information content (AvgIpc) is 2.86. The molecule has 242 valence electrons. The third-order valence-corrected chi connectivity index (χ3v) is 9.22. The summed E-state index contributed by atoms with van der Waals surface area (Å²) in [6, 6.07) is -0.00849. The number of carbonyl (C=O) groups excluding carboxylic acids is 5. The van der Waals surface area contributed by atoms with Crippen molar-refractivity contribution in [3.63, 3.8) is 0 Å². The Hall–Kier alpha value is -3.50. The highest BCUT2D eigenvalue weighted by Gasteiger charge is 2.74. The number of primary amides is 1. The maximum absolute atomic E-state index is 14.1. The van der Waals surface area contributed by atoms with Crippen molar-refractivity contribution in [3.8, 4) is 5.75 Å². The molecule has 16 heteroatoms. The monoisotopic (exact) mass is 632 g/mol. The summed E-state index contributed by atoms with van der Waals surface area (Å²) < 4.78 is 64.8. The molecule has 2 saturated carbocycles. The molecule has 0 radical (unpaired) electrons. The van der Waals surface area contributed by atoms with E-state index in [1.807, 2.05) is 5.32 Å². The number of phenolic OH excluding ortho intramolecular Hbond substituents is 1. The molecule has 3 aliphatic carbocycles. The van der Waals surface area contributed by atoms with Crippen LogP contribution in [0.4, 0.5) is 27.6 Å². The normalized spacial score (nSPS) is 30.6. The van der Waals surface area contributed by atoms with Crippen molar-refractivity contribution in [2.24, 2.45) is 28.9 Å². The van der Waals surface area contributed by atoms with Crippen LogP contribution < -0.4 is 16.0 Å². The van der Waals surface area contributed by atoms with Crippen LogP contribution >= 0.6 is 0 Å². The second-order valence-corrected chi connectivity index (χ2v) is 12.4. The number of nitrogens with two attached hydrogens (primary N) is 1. The van der Waals surface area contributed by atoms with Crippen molar-refractivity contribution in [2.75, 3.05) is 39.6 Å². The van der Waals surface area contributed by atoms with Gasteiger partial charge in [-0.05, 0) is 44.5 Å². The molecule has 0 spiro atoms. The number of ketones is 4. The summed E-state index contributed by atoms with van der Waals surface area (Å²) in [7, 11) is 6.05. The first-order valence-corrected chi connectivity index (χ1v) is 13.6. The Labute approximate surface area is 248 Å². The number of carbonyl (C=O) groups is 5. The summed E-state index contributed by atoms with van der Waals surface area (Å²) in [6.07, 6.45) is -6.10. The van der Waals surface area contributed by atoms with Crippen molar-refractivity contribution >= 4 is 34.7 Å². The molecule has 5 N–H and O–H groups in total. The molecule has 4 rings (SSSR count). The summed E-state index contributed by atoms with van der Waals surface area (Å²) in [6.45, 7) is -1.18. The van der Waals surface area contributed by atoms with Crippen molar-refractivity contribution < 1.29 is 56.1 Å². The molecule has 0 saturated heterocycles. The Morgan fingerprint density at radius 3 is 2.18 bits per heavy atom. The number of nitrogens with zero attached hydrogens (tertiary/aromatic N) is 2. The molecular weight excluding hydrogens is 599 g/mol. The molecule has 3 aliphatic rings. The van der Waals surface area contributed by atoms with Crippen molar-refractivity contribution in [2.45, 2.75) is 50.1 Å². The van der Waals surface area contributed by atoms with Crippen LogP contribution in [0.3, 0.4) is 0 Å². The van der Waals surface area contributed by atoms with Crippen molar-refractivity contribution in [1.82, 2.24) is 10.2 Å². The Morgan fingerprint density at radius 1 is 1.09 bits per heavy atom. The highest BCUT2D eigenvalue weighted by Crippen LogP contribution is 2.57. The number of hydrogen-bond donors (Lipinski definition) is 4. The van der Waals surface area contributed by atoms with E-state index in [2.05, 4.69) is 0 Å². The van der Waals surface area contributed by atoms with E-state index >= 15 is 0 Å². The van der Waals surface area contributed by atoms with E-state index < -0.39 is 100 Å². The van der Waals surface area contributed by atoms with Gasteiger partial charge in [-0.2, -0.15) is 22.0 Å². The zero-order chi connectivity index (χ0) is 33.5. The Bertz CT molecular complexity index is 1460. The van der Waals surface area contributed by atoms with Gasteiger partial charge in [0.05, 0.1) is 24.1 Å². The van der Waals surface area contributed by atoms with Crippen LogP contribution in [0, 0.1) is 23.2 Å². The predicted molar refractivity (Wildman–Crippen MR) is 143 cm³/mol. The third kappa shape index (κ3) is 4.60. The lowest BCUT2D eigenvalue weighted by Gasteiger charge is -2.59. The lowest BCUT2D eigenvalue weighted by atomic mass is 9.46. The van der Waals surface area contributed by atoms with Gasteiger partial charge in [-0.1, -0.05) is 6.92 Å². The van der Waals surface area contributed by atoms with Crippen molar-refractivity contribution in [1.29, 1.82) is 0 Å². The second kappa shape index (κ2) is 10.5. The number of benzene rings is 1. The smallest absolute Gasteiger partial charge is 0.454 e. The van der Waals surface area contributed by atoms with Gasteiger partial charge >= 0.3 is 12.1 Å². The van der Waals surface area contributed by atoms with Gasteiger partial charge < -0.3 is 26.2 Å². The SMILES string of the molecule is CN(C)c1cc(CNCC(F)(F)C(F)(F)F)c(O)c2c1C[C@H]1C[C@]3(C)[C@@H](N(C)C)C(=O)C(C(N)=O)C(=O)[C@@]3(O)C(=O)C1C2=O. The lowest BCUT2D eigenvalue weighted by Crippen LogP contribution is -2.78. The van der Waals surface area contributed by atoms with Gasteiger partial charge in [0.15, 0.2) is 34.7 Å². The van der Waals surface area contributed by atoms with Crippen LogP contribution in [0.25, 0.3) is 0 Å². The van der Waals surface area contributed by atoms with Crippen LogP contribution in [0.2, 0.25) is 0 Å². The summed E-state index contributed by atoms with van der Waals surface area (Å²) in [5.41, 5.74) is 0.467. The van der Waals surface area contributed by atoms with Gasteiger partial charge in [0.1, 0.15) is 5.75 Å². The number of halogens is 5. The Kier molecular flexibility index (Phi) is 8.01. The standard InChI is InChI=1S/C28H33F5N4O7/c1-25-8-11-6-13-14(36(2)3)7-12(9-35-10-26(29,30)28(31,32)33)18(38)16(13)19(39)15(11)22(41)27(25,44)23(42)17(24(34)43)20(40)21(25)37(4)5/h7,11,15,17,21,35,38,44H,6,8-10H2,1-5H3,(H2,34,43)/t11-,15?,17?,21-,25+,27-/m0/s1. The second-order valence-electron chi connectivity index (χ2n) is 12.4. The van der Waals surface area contributed by atoms with Crippen LogP contribution in [0.5, 0.6) is 5.75 Å². The topological polar surface area (TPSA) is 170 Å². The molecule has 1 amide bonds. The van der Waals surface area contributed by atoms with Crippen LogP contribution in [0.1, 0.15) is 34.8 Å². The van der Waals surface area contributed by atoms with E-state index in [0.29, 0.717) is 5.69 Å². The van der Waals surface area contributed by atoms with Gasteiger partial charge in [0.2, 0.25) is 5.91 Å². The number of alkyl halides is 5. The molecule has 0 aromatic heterocycles. The summed E-state index contributed by atoms with van der Waals surface area (Å²) in [4.78, 5) is 70.1. The zero-order valence-electron chi connectivity index (χ0n) is 24.5. The minimum Gasteiger partial charge on any atom is -0.507 e. The van der Waals surface area contributed by atoms with Gasteiger partial charge in [-0.25, -0.2) is 0 Å². The molecule has 0 bridgehead atoms. The highest BCUT2D eigenvalue weighted by molar-refractivity contribution is 6.33. The molecule has 6 atom stereocenters. The largest absolute Gasteiger partial charge is 0.507 e. The highest BCUT2D eigenvalue weighted by atomic mass is 19.4. The van der Waals surface area contributed by atoms with E-state index in [9.17, 15) is 56.1 Å². The molecular formula is C28H33F5N4O7. The molecule has 1 aromatic carbocycles. The number of aliphatic hydroxyl groups is 1. The summed E-state index contributed by atoms with van der Waals surface area (Å²) >= 11 is 0. The number of aromatic hydroxyl groups is 1. The first kappa shape index (κ1) is 33.4. The molecule has 11 nitrogen and oxygen atoms in total. The fourth-order valence-corrected chi connectivity index (χ4v) is 7.30. The number of nitrogens with one attached hydrogen (secondary N) is 1. The molecule has 0 aliphatic heterocycles. The van der Waals surface area contributed by atoms with E-state index in [1.54, 1.807) is 14.1 Å². The number of amides is 1. The van der Waals surface area contributed by atoms with Crippen LogP contribution in [-0.4, -0.2) is 103 Å². The van der Waals surface area contributed by atoms with Gasteiger partial charge in [-0.3, -0.25) is 28.9 Å². The number of Topliss-reactive ketones (excluding diaryl/α,β-unsaturated/α-hetero) is 4. The van der Waals surface area contributed by atoms with Gasteiger partial charge in [0.25, 0.3) is 0 Å². The molecule has 44 heavy (non-hydrogen) atoms. The zero-order valence-corrected chi connectivity index (χ0v) is 24.5. The predicted octanol–water partition coefficient (Wildman–Crippen LogP) is 0.610. The maximum atomic E-state index is 14.1. The van der Waals surface area contributed by atoms with Gasteiger partial charge in [0, 0.05) is 37.3 Å². The molecule has 0 heterocycles. The number of likely N-dealkylation sites (N-methyl/N-ethyl adjacent to an activating group) is 1. The Morgan fingerprint density at radius 2 is 1.68 bits per heavy atom. The van der Waals surface area contributed by atoms with Crippen LogP contribution in [0.15, 0.2) is 6.07 Å². The van der Waals surface area contributed by atoms with E-state index in [1.165, 1.54) is 36.9 Å². The summed E-state index contributed by atoms with van der Waals surface area (Å²) in [5.74, 6) is -16.6. The van der Waals surface area contributed by atoms with Crippen LogP contribution in [-0.2, 0) is 32.1 Å². The van der Waals surface area contributed by atoms with Crippen molar-refractivity contribution in [3.05, 3.63) is 22.8 Å². The average molecular weight is 633 g/mol. The quantitative estimate of drug-likeness (QED) is 0.247. The summed E-state index contributed by atoms with van der Waals surface area (Å²) in [5, 5.41) is 24.9. The lowest BCUT2D eigenvalue weighted by molar-refractivity contribution is -0.279. The molecule has 1 aromatic rings. The maximum Gasteiger partial charge on any atom is 0.454 e. The number of phenols is 1. The first-order chi connectivity index (χ1) is 20.0. The fourth-order valence-electron chi connectivity index (χ4n) is 7.30. The minimum atomic E-state index is -5.83. The minimum absolute atomic E-state index is 0.0636. The van der Waals surface area contributed by atoms with E-state index in [0.717, 1.165) is 0 Å². The first-order valence-electron chi connectivity index (χ1n) is 13.6. The fraction of sp³-hybridized carbons (Fsp3) is 0.607. The van der Waals surface area contributed by atoms with E-state index in [-0.39, 0.29) is 24.0 Å². The number of anilines is 1. The van der Waals surface area contributed by atoms with E-state index in [4.69, 9.17) is 5.73 Å². The number of fused-ring (bicyclic) bond motifs is 3. The third-order valence-electron chi connectivity index (χ3n) is 9.22. The van der Waals surface area contributed by atoms with Gasteiger partial charge in [-0.15, -0.1) is 0 Å². The number of rotatable bonds is 7. The number of hydrogen-bond acceptors (Lipinski definition) is 10. The Balaban J connectivity index is 1.83. The molecule has 2 fully saturated rings. The molecule has 2 unspecified atom stereocenters.